The van der Waals surface area contributed by atoms with Crippen LogP contribution in [-0.2, 0) is 6.42 Å². The van der Waals surface area contributed by atoms with Crippen molar-refractivity contribution in [2.24, 2.45) is 0 Å². The van der Waals surface area contributed by atoms with Crippen molar-refractivity contribution in [2.45, 2.75) is 12.5 Å². The van der Waals surface area contributed by atoms with Gasteiger partial charge in [0.05, 0.1) is 20.3 Å². The lowest BCUT2D eigenvalue weighted by molar-refractivity contribution is 0.238. The summed E-state index contributed by atoms with van der Waals surface area (Å²) in [6.07, 6.45) is 3.00. The number of fused-ring (bicyclic) bond motifs is 1. The van der Waals surface area contributed by atoms with Crippen LogP contribution in [0.3, 0.4) is 0 Å². The Morgan fingerprint density at radius 1 is 1.32 bits per heavy atom. The predicted molar refractivity (Wildman–Crippen MR) is 91.2 cm³/mol. The van der Waals surface area contributed by atoms with E-state index in [-0.39, 0.29) is 6.04 Å². The molecule has 0 saturated heterocycles. The summed E-state index contributed by atoms with van der Waals surface area (Å²) in [5.41, 5.74) is 2.66. The second-order valence-corrected chi connectivity index (χ2v) is 6.34. The van der Waals surface area contributed by atoms with Gasteiger partial charge in [-0.3, -0.25) is 4.90 Å². The van der Waals surface area contributed by atoms with Gasteiger partial charge in [0, 0.05) is 18.0 Å². The number of hydrogen-bond acceptors (Lipinski definition) is 4. The first-order valence-corrected chi connectivity index (χ1v) is 8.29. The van der Waals surface area contributed by atoms with E-state index in [1.165, 1.54) is 16.0 Å². The minimum atomic E-state index is 0.265. The Morgan fingerprint density at radius 3 is 2.73 bits per heavy atom. The van der Waals surface area contributed by atoms with E-state index in [0.717, 1.165) is 31.0 Å². The molecule has 1 aromatic heterocycles. The van der Waals surface area contributed by atoms with Crippen molar-refractivity contribution < 1.29 is 9.47 Å². The van der Waals surface area contributed by atoms with Crippen molar-refractivity contribution in [2.75, 3.05) is 27.3 Å². The SMILES string of the molecule is C=CCN1CCc2cc(OC)c(OC)cc2[C@H]1c1cccs1. The molecule has 3 nitrogen and oxygen atoms in total. The molecule has 0 fully saturated rings. The molecule has 0 saturated carbocycles. The predicted octanol–water partition coefficient (Wildman–Crippen LogP) is 3.90. The first-order valence-electron chi connectivity index (χ1n) is 7.41. The van der Waals surface area contributed by atoms with Gasteiger partial charge in [0.1, 0.15) is 0 Å². The molecule has 2 heterocycles. The number of rotatable bonds is 5. The van der Waals surface area contributed by atoms with Crippen LogP contribution in [0.4, 0.5) is 0 Å². The number of nitrogens with zero attached hydrogens (tertiary/aromatic N) is 1. The molecule has 1 atom stereocenters. The molecule has 1 aromatic carbocycles. The summed E-state index contributed by atoms with van der Waals surface area (Å²) in [5, 5.41) is 2.14. The summed E-state index contributed by atoms with van der Waals surface area (Å²) in [6, 6.07) is 8.84. The molecule has 0 radical (unpaired) electrons. The smallest absolute Gasteiger partial charge is 0.161 e. The second kappa shape index (κ2) is 6.55. The van der Waals surface area contributed by atoms with Crippen LogP contribution in [0.1, 0.15) is 22.0 Å². The fourth-order valence-electron chi connectivity index (χ4n) is 3.14. The minimum absolute atomic E-state index is 0.265. The van der Waals surface area contributed by atoms with Gasteiger partial charge in [0.15, 0.2) is 11.5 Å². The van der Waals surface area contributed by atoms with Crippen molar-refractivity contribution in [3.63, 3.8) is 0 Å². The molecule has 0 bridgehead atoms. The third kappa shape index (κ3) is 2.64. The molecule has 0 N–H and O–H groups in total. The van der Waals surface area contributed by atoms with Gasteiger partial charge in [-0.1, -0.05) is 12.1 Å². The van der Waals surface area contributed by atoms with Gasteiger partial charge in [-0.2, -0.15) is 0 Å². The first kappa shape index (κ1) is 15.1. The first-order chi connectivity index (χ1) is 10.8. The summed E-state index contributed by atoms with van der Waals surface area (Å²) in [7, 11) is 3.38. The van der Waals surface area contributed by atoms with Gasteiger partial charge in [0.25, 0.3) is 0 Å². The molecule has 3 rings (SSSR count). The molecule has 0 spiro atoms. The van der Waals surface area contributed by atoms with Crippen molar-refractivity contribution in [3.8, 4) is 11.5 Å². The Kier molecular flexibility index (Phi) is 4.50. The molecule has 116 valence electrons. The van der Waals surface area contributed by atoms with Crippen LogP contribution >= 0.6 is 11.3 Å². The number of benzene rings is 1. The standard InChI is InChI=1S/C18H21NO2S/c1-4-8-19-9-7-13-11-15(20-2)16(21-3)12-14(13)18(19)17-6-5-10-22-17/h4-6,10-12,18H,1,7-9H2,2-3H3/t18-/m0/s1. The highest BCUT2D eigenvalue weighted by Gasteiger charge is 2.30. The quantitative estimate of drug-likeness (QED) is 0.781. The maximum Gasteiger partial charge on any atom is 0.161 e. The number of methoxy groups -OCH3 is 2. The maximum atomic E-state index is 5.50. The minimum Gasteiger partial charge on any atom is -0.493 e. The van der Waals surface area contributed by atoms with Crippen molar-refractivity contribution in [1.29, 1.82) is 0 Å². The van der Waals surface area contributed by atoms with E-state index in [1.54, 1.807) is 25.6 Å². The second-order valence-electron chi connectivity index (χ2n) is 5.36. The number of hydrogen-bond donors (Lipinski definition) is 0. The van der Waals surface area contributed by atoms with Crippen LogP contribution in [0.2, 0.25) is 0 Å². The fourth-order valence-corrected chi connectivity index (χ4v) is 4.02. The Bertz CT molecular complexity index is 651. The van der Waals surface area contributed by atoms with Crippen LogP contribution in [-0.4, -0.2) is 32.2 Å². The molecule has 2 aromatic rings. The summed E-state index contributed by atoms with van der Waals surface area (Å²) in [5.74, 6) is 1.60. The van der Waals surface area contributed by atoms with Crippen molar-refractivity contribution in [1.82, 2.24) is 4.90 Å². The third-order valence-electron chi connectivity index (χ3n) is 4.15. The lowest BCUT2D eigenvalue weighted by Crippen LogP contribution is -2.35. The Hall–Kier alpha value is -1.78. The van der Waals surface area contributed by atoms with Crippen LogP contribution in [0.15, 0.2) is 42.3 Å². The zero-order chi connectivity index (χ0) is 15.5. The highest BCUT2D eigenvalue weighted by atomic mass is 32.1. The Morgan fingerprint density at radius 2 is 2.09 bits per heavy atom. The number of thiophene rings is 1. The molecular formula is C18H21NO2S. The molecular weight excluding hydrogens is 294 g/mol. The van der Waals surface area contributed by atoms with Crippen LogP contribution in [0.5, 0.6) is 11.5 Å². The zero-order valence-corrected chi connectivity index (χ0v) is 13.9. The van der Waals surface area contributed by atoms with Crippen molar-refractivity contribution >= 4 is 11.3 Å². The van der Waals surface area contributed by atoms with E-state index >= 15 is 0 Å². The van der Waals surface area contributed by atoms with E-state index < -0.39 is 0 Å². The molecule has 0 amide bonds. The number of ether oxygens (including phenoxy) is 2. The van der Waals surface area contributed by atoms with Gasteiger partial charge in [-0.05, 0) is 41.1 Å². The summed E-state index contributed by atoms with van der Waals surface area (Å²) in [6.45, 7) is 5.81. The van der Waals surface area contributed by atoms with E-state index in [9.17, 15) is 0 Å². The highest BCUT2D eigenvalue weighted by Crippen LogP contribution is 2.41. The molecule has 22 heavy (non-hydrogen) atoms. The topological polar surface area (TPSA) is 21.7 Å². The Balaban J connectivity index is 2.11. The van der Waals surface area contributed by atoms with Gasteiger partial charge in [-0.25, -0.2) is 0 Å². The van der Waals surface area contributed by atoms with Crippen LogP contribution < -0.4 is 9.47 Å². The average molecular weight is 315 g/mol. The Labute approximate surface area is 135 Å². The largest absolute Gasteiger partial charge is 0.493 e. The molecule has 0 aliphatic carbocycles. The lowest BCUT2D eigenvalue weighted by atomic mass is 9.91. The fraction of sp³-hybridized carbons (Fsp3) is 0.333. The molecule has 1 aliphatic heterocycles. The van der Waals surface area contributed by atoms with Gasteiger partial charge in [0.2, 0.25) is 0 Å². The summed E-state index contributed by atoms with van der Waals surface area (Å²) >= 11 is 1.80. The normalized spacial score (nSPS) is 17.8. The van der Waals surface area contributed by atoms with Crippen LogP contribution in [0.25, 0.3) is 0 Å². The highest BCUT2D eigenvalue weighted by molar-refractivity contribution is 7.10. The van der Waals surface area contributed by atoms with E-state index in [0.29, 0.717) is 0 Å². The monoisotopic (exact) mass is 315 g/mol. The lowest BCUT2D eigenvalue weighted by Gasteiger charge is -2.36. The summed E-state index contributed by atoms with van der Waals surface area (Å²) < 4.78 is 11.0. The van der Waals surface area contributed by atoms with Gasteiger partial charge in [-0.15, -0.1) is 17.9 Å². The van der Waals surface area contributed by atoms with Gasteiger partial charge >= 0.3 is 0 Å². The average Bonchev–Trinajstić information content (AvgIpc) is 3.07. The maximum absolute atomic E-state index is 5.50. The molecule has 1 aliphatic rings. The molecule has 0 unspecified atom stereocenters. The van der Waals surface area contributed by atoms with Crippen molar-refractivity contribution in [3.05, 3.63) is 58.3 Å². The van der Waals surface area contributed by atoms with E-state index in [4.69, 9.17) is 9.47 Å². The summed E-state index contributed by atoms with van der Waals surface area (Å²) in [4.78, 5) is 3.82. The third-order valence-corrected chi connectivity index (χ3v) is 5.07. The molecule has 4 heteroatoms. The zero-order valence-electron chi connectivity index (χ0n) is 13.0. The van der Waals surface area contributed by atoms with Crippen LogP contribution in [0, 0.1) is 0 Å². The van der Waals surface area contributed by atoms with Gasteiger partial charge < -0.3 is 9.47 Å². The van der Waals surface area contributed by atoms with E-state index in [1.807, 2.05) is 6.08 Å². The van der Waals surface area contributed by atoms with E-state index in [2.05, 4.69) is 41.1 Å².